The minimum atomic E-state index is 0.747. The molecule has 5 N–H and O–H groups in total. The van der Waals surface area contributed by atoms with Crippen molar-refractivity contribution in [3.8, 4) is 0 Å². The van der Waals surface area contributed by atoms with Gasteiger partial charge in [0, 0.05) is 17.1 Å². The molecule has 0 radical (unpaired) electrons. The van der Waals surface area contributed by atoms with Gasteiger partial charge in [-0.2, -0.15) is 0 Å². The second-order valence-electron chi connectivity index (χ2n) is 4.47. The van der Waals surface area contributed by atoms with Crippen LogP contribution in [0.3, 0.4) is 0 Å². The number of nitrogens with zero attached hydrogens (tertiary/aromatic N) is 2. The Balaban J connectivity index is 1.76. The minimum Gasteiger partial charge on any atom is -0.399 e. The summed E-state index contributed by atoms with van der Waals surface area (Å²) in [7, 11) is 3.35. The van der Waals surface area contributed by atoms with Crippen molar-refractivity contribution in [3.63, 3.8) is 0 Å². The van der Waals surface area contributed by atoms with Crippen LogP contribution in [0, 0.1) is 0 Å². The number of rotatable bonds is 2. The number of anilines is 4. The second-order valence-corrected chi connectivity index (χ2v) is 6.73. The summed E-state index contributed by atoms with van der Waals surface area (Å²) >= 11 is 0. The lowest BCUT2D eigenvalue weighted by atomic mass is 10.3. The van der Waals surface area contributed by atoms with Crippen molar-refractivity contribution in [1.29, 1.82) is 0 Å². The number of hydrazone groups is 1. The van der Waals surface area contributed by atoms with Gasteiger partial charge < -0.3 is 16.8 Å². The Morgan fingerprint density at radius 1 is 0.952 bits per heavy atom. The number of benzene rings is 2. The number of hydrogen-bond acceptors (Lipinski definition) is 7. The fraction of sp³-hybridized carbons (Fsp3) is 0.0714. The van der Waals surface area contributed by atoms with Crippen LogP contribution in [0.1, 0.15) is 0 Å². The van der Waals surface area contributed by atoms with Crippen LogP contribution >= 0.6 is 21.6 Å². The largest absolute Gasteiger partial charge is 0.399 e. The van der Waals surface area contributed by atoms with Crippen LogP contribution in [-0.2, 0) is 0 Å². The Morgan fingerprint density at radius 2 is 1.57 bits per heavy atom. The predicted octanol–water partition coefficient (Wildman–Crippen LogP) is 3.39. The van der Waals surface area contributed by atoms with Gasteiger partial charge in [-0.3, -0.25) is 5.01 Å². The van der Waals surface area contributed by atoms with Gasteiger partial charge in [-0.25, -0.2) is 0 Å². The molecule has 0 spiro atoms. The zero-order valence-electron chi connectivity index (χ0n) is 11.2. The maximum Gasteiger partial charge on any atom is 0.196 e. The van der Waals surface area contributed by atoms with Crippen molar-refractivity contribution in [1.82, 2.24) is 0 Å². The molecule has 7 heteroatoms. The van der Waals surface area contributed by atoms with Crippen LogP contribution in [0.2, 0.25) is 0 Å². The third-order valence-corrected chi connectivity index (χ3v) is 4.83. The highest BCUT2D eigenvalue weighted by Gasteiger charge is 2.15. The zero-order chi connectivity index (χ0) is 14.7. The van der Waals surface area contributed by atoms with Crippen LogP contribution in [0.25, 0.3) is 0 Å². The lowest BCUT2D eigenvalue weighted by Crippen LogP contribution is -2.23. The Kier molecular flexibility index (Phi) is 4.12. The first kappa shape index (κ1) is 14.0. The Bertz CT molecular complexity index is 639. The molecule has 0 saturated carbocycles. The average Bonchev–Trinajstić information content (AvgIpc) is 2.51. The van der Waals surface area contributed by atoms with Crippen molar-refractivity contribution in [2.24, 2.45) is 5.10 Å². The molecule has 0 amide bonds. The lowest BCUT2D eigenvalue weighted by molar-refractivity contribution is 0.994. The first-order valence-corrected chi connectivity index (χ1v) is 8.66. The third-order valence-electron chi connectivity index (χ3n) is 2.88. The molecule has 0 atom stereocenters. The van der Waals surface area contributed by atoms with Crippen molar-refractivity contribution < 1.29 is 0 Å². The summed E-state index contributed by atoms with van der Waals surface area (Å²) < 4.78 is 0. The number of nitrogens with one attached hydrogen (secondary N) is 1. The van der Waals surface area contributed by atoms with Gasteiger partial charge in [0.1, 0.15) is 0 Å². The molecule has 1 aliphatic heterocycles. The van der Waals surface area contributed by atoms with Gasteiger partial charge in [0.2, 0.25) is 0 Å². The molecule has 0 aromatic heterocycles. The van der Waals surface area contributed by atoms with Gasteiger partial charge in [-0.1, -0.05) is 10.8 Å². The van der Waals surface area contributed by atoms with E-state index in [1.54, 1.807) is 21.6 Å². The van der Waals surface area contributed by atoms with Crippen molar-refractivity contribution >= 4 is 49.5 Å². The predicted molar refractivity (Wildman–Crippen MR) is 95.3 cm³/mol. The van der Waals surface area contributed by atoms with E-state index in [1.807, 2.05) is 53.5 Å². The van der Waals surface area contributed by atoms with Crippen molar-refractivity contribution in [3.05, 3.63) is 48.5 Å². The topological polar surface area (TPSA) is 79.7 Å². The summed E-state index contributed by atoms with van der Waals surface area (Å²) in [6, 6.07) is 15.3. The highest BCUT2D eigenvalue weighted by Crippen LogP contribution is 2.32. The first-order chi connectivity index (χ1) is 10.2. The highest BCUT2D eigenvalue weighted by molar-refractivity contribution is 8.82. The van der Waals surface area contributed by atoms with E-state index in [0.29, 0.717) is 0 Å². The standard InChI is InChI=1S/C14H15N5S2/c15-10-1-5-12(6-2-10)17-14-18-19(9-20-21-14)13-7-3-11(16)4-8-13/h1-8H,9,15-16H2,(H,17,18). The molecular formula is C14H15N5S2. The fourth-order valence-corrected chi connectivity index (χ4v) is 3.58. The van der Waals surface area contributed by atoms with E-state index in [1.165, 1.54) is 0 Å². The fourth-order valence-electron chi connectivity index (χ4n) is 1.80. The molecule has 21 heavy (non-hydrogen) atoms. The molecule has 3 rings (SSSR count). The van der Waals surface area contributed by atoms with Crippen LogP contribution < -0.4 is 21.8 Å². The monoisotopic (exact) mass is 317 g/mol. The van der Waals surface area contributed by atoms with E-state index in [2.05, 4.69) is 10.4 Å². The highest BCUT2D eigenvalue weighted by atomic mass is 33.1. The second kappa shape index (κ2) is 6.19. The van der Waals surface area contributed by atoms with Gasteiger partial charge in [-0.05, 0) is 59.3 Å². The molecule has 5 nitrogen and oxygen atoms in total. The van der Waals surface area contributed by atoms with Crippen LogP contribution in [0.4, 0.5) is 22.7 Å². The molecule has 2 aromatic carbocycles. The van der Waals surface area contributed by atoms with Crippen LogP contribution in [0.5, 0.6) is 0 Å². The van der Waals surface area contributed by atoms with Crippen molar-refractivity contribution in [2.45, 2.75) is 0 Å². The summed E-state index contributed by atoms with van der Waals surface area (Å²) in [5, 5.41) is 10.7. The SMILES string of the molecule is Nc1ccc(NC2=NN(c3ccc(N)cc3)CSS2)cc1. The summed E-state index contributed by atoms with van der Waals surface area (Å²) in [4.78, 5) is 0. The third kappa shape index (κ3) is 3.56. The zero-order valence-corrected chi connectivity index (χ0v) is 12.8. The van der Waals surface area contributed by atoms with Gasteiger partial charge in [-0.15, -0.1) is 5.10 Å². The molecule has 1 aliphatic rings. The summed E-state index contributed by atoms with van der Waals surface area (Å²) in [6.07, 6.45) is 0. The van der Waals surface area contributed by atoms with E-state index < -0.39 is 0 Å². The van der Waals surface area contributed by atoms with E-state index in [-0.39, 0.29) is 0 Å². The van der Waals surface area contributed by atoms with Gasteiger partial charge in [0.15, 0.2) is 5.17 Å². The van der Waals surface area contributed by atoms with Crippen LogP contribution in [-0.4, -0.2) is 11.0 Å². The summed E-state index contributed by atoms with van der Waals surface area (Å²) in [5.74, 6) is 0.793. The lowest BCUT2D eigenvalue weighted by Gasteiger charge is -2.24. The molecule has 2 aromatic rings. The van der Waals surface area contributed by atoms with Gasteiger partial charge in [0.05, 0.1) is 11.6 Å². The van der Waals surface area contributed by atoms with E-state index in [4.69, 9.17) is 11.5 Å². The van der Waals surface area contributed by atoms with E-state index >= 15 is 0 Å². The Morgan fingerprint density at radius 3 is 2.24 bits per heavy atom. The van der Waals surface area contributed by atoms with E-state index in [0.717, 1.165) is 33.8 Å². The van der Waals surface area contributed by atoms with Gasteiger partial charge >= 0.3 is 0 Å². The maximum atomic E-state index is 5.71. The number of amidine groups is 1. The number of nitrogens with two attached hydrogens (primary N) is 2. The molecule has 108 valence electrons. The first-order valence-electron chi connectivity index (χ1n) is 6.34. The average molecular weight is 317 g/mol. The summed E-state index contributed by atoms with van der Waals surface area (Å²) in [6.45, 7) is 0. The molecule has 0 unspecified atom stereocenters. The number of hydrogen-bond donors (Lipinski definition) is 3. The molecule has 0 fully saturated rings. The molecule has 0 aliphatic carbocycles. The maximum absolute atomic E-state index is 5.71. The molecule has 1 heterocycles. The van der Waals surface area contributed by atoms with E-state index in [9.17, 15) is 0 Å². The Labute approximate surface area is 131 Å². The van der Waals surface area contributed by atoms with Crippen LogP contribution in [0.15, 0.2) is 53.6 Å². The van der Waals surface area contributed by atoms with Gasteiger partial charge in [0.25, 0.3) is 0 Å². The number of nitrogen functional groups attached to an aromatic ring is 2. The quantitative estimate of drug-likeness (QED) is 0.582. The Hall–Kier alpha value is -1.99. The minimum absolute atomic E-state index is 0.747. The summed E-state index contributed by atoms with van der Waals surface area (Å²) in [5.41, 5.74) is 14.9. The molecule has 0 saturated heterocycles. The smallest absolute Gasteiger partial charge is 0.196 e. The normalized spacial score (nSPS) is 14.7. The molecule has 0 bridgehead atoms. The molecular weight excluding hydrogens is 302 g/mol. The van der Waals surface area contributed by atoms with Crippen molar-refractivity contribution in [2.75, 3.05) is 27.7 Å².